The molecule has 0 radical (unpaired) electrons. The number of nitrogens with zero attached hydrogens (tertiary/aromatic N) is 1. The molecule has 2 aromatic carbocycles. The van der Waals surface area contributed by atoms with Crippen LogP contribution in [0.15, 0.2) is 41.2 Å². The summed E-state index contributed by atoms with van der Waals surface area (Å²) < 4.78 is 39.2. The molecule has 2 atom stereocenters. The fourth-order valence-corrected chi connectivity index (χ4v) is 5.19. The number of nitrogens with one attached hydrogen (secondary N) is 1. The van der Waals surface area contributed by atoms with E-state index in [-0.39, 0.29) is 5.90 Å². The van der Waals surface area contributed by atoms with Gasteiger partial charge in [-0.15, -0.1) is 0 Å². The van der Waals surface area contributed by atoms with Crippen molar-refractivity contribution in [3.05, 3.63) is 52.3 Å². The Morgan fingerprint density at radius 3 is 1.82 bits per heavy atom. The summed E-state index contributed by atoms with van der Waals surface area (Å²) in [5.41, 5.74) is 3.52. The Kier molecular flexibility index (Phi) is 8.01. The lowest BCUT2D eigenvalue weighted by molar-refractivity contribution is 0.319. The summed E-state index contributed by atoms with van der Waals surface area (Å²) in [5, 5.41) is 18.7. The predicted octanol–water partition coefficient (Wildman–Crippen LogP) is 5.49. The van der Waals surface area contributed by atoms with Crippen molar-refractivity contribution in [3.8, 4) is 40.6 Å². The fraction of sp³-hybridized carbons (Fsp3) is 0.379. The van der Waals surface area contributed by atoms with Crippen LogP contribution < -0.4 is 28.4 Å². The van der Waals surface area contributed by atoms with Gasteiger partial charge in [-0.2, -0.15) is 5.26 Å². The molecule has 9 heteroatoms. The molecule has 0 spiro atoms. The Labute approximate surface area is 222 Å². The summed E-state index contributed by atoms with van der Waals surface area (Å²) in [6, 6.07) is 9.71. The van der Waals surface area contributed by atoms with Crippen molar-refractivity contribution in [3.63, 3.8) is 0 Å². The van der Waals surface area contributed by atoms with E-state index in [0.29, 0.717) is 40.3 Å². The third-order valence-corrected chi connectivity index (χ3v) is 6.89. The van der Waals surface area contributed by atoms with E-state index in [1.807, 2.05) is 30.3 Å². The van der Waals surface area contributed by atoms with E-state index in [1.54, 1.807) is 42.7 Å². The van der Waals surface area contributed by atoms with Crippen LogP contribution in [0.5, 0.6) is 34.5 Å². The lowest BCUT2D eigenvalue weighted by atomic mass is 9.73. The molecule has 0 aromatic heterocycles. The average molecular weight is 521 g/mol. The van der Waals surface area contributed by atoms with Gasteiger partial charge in [0.1, 0.15) is 11.7 Å². The molecule has 2 aromatic rings. The van der Waals surface area contributed by atoms with Crippen molar-refractivity contribution in [2.45, 2.75) is 25.2 Å². The minimum Gasteiger partial charge on any atom is -0.493 e. The first-order valence-corrected chi connectivity index (χ1v) is 12.1. The molecule has 1 heterocycles. The van der Waals surface area contributed by atoms with Gasteiger partial charge in [-0.1, -0.05) is 0 Å². The van der Waals surface area contributed by atoms with Crippen LogP contribution in [-0.4, -0.2) is 48.6 Å². The van der Waals surface area contributed by atoms with Gasteiger partial charge in [0.05, 0.1) is 48.7 Å². The zero-order valence-corrected chi connectivity index (χ0v) is 22.5. The standard InChI is InChI=1S/C29H32N2O7/c1-32-21-11-16(12-22(33-2)27(21)36-5)10-17-8-7-9-19-25(20(15-30)29(31)38-26(17)19)18-13-23(34-3)28(37-6)24(14-18)35-4/h10-14,20,25,31H,7-9H2,1-6H3/b17-10+,31-29?. The molecular formula is C29H32N2O7. The summed E-state index contributed by atoms with van der Waals surface area (Å²) in [6.45, 7) is 0. The predicted molar refractivity (Wildman–Crippen MR) is 142 cm³/mol. The molecule has 38 heavy (non-hydrogen) atoms. The van der Waals surface area contributed by atoms with Gasteiger partial charge >= 0.3 is 0 Å². The molecule has 2 unspecified atom stereocenters. The van der Waals surface area contributed by atoms with E-state index < -0.39 is 11.8 Å². The Bertz CT molecular complexity index is 1290. The SMILES string of the molecule is COc1cc(/C=C2\CCCC3=C2OC(=N)C(C#N)C3c2cc(OC)c(OC)c(OC)c2)cc(OC)c1OC. The quantitative estimate of drug-likeness (QED) is 0.486. The molecule has 1 aliphatic carbocycles. The zero-order chi connectivity index (χ0) is 27.4. The highest BCUT2D eigenvalue weighted by Crippen LogP contribution is 2.50. The maximum Gasteiger partial charge on any atom is 0.205 e. The third kappa shape index (κ3) is 4.70. The van der Waals surface area contributed by atoms with Crippen LogP contribution in [0.3, 0.4) is 0 Å². The number of hydrogen-bond donors (Lipinski definition) is 1. The summed E-state index contributed by atoms with van der Waals surface area (Å²) in [7, 11) is 9.37. The van der Waals surface area contributed by atoms with Crippen LogP contribution in [0.4, 0.5) is 0 Å². The number of nitriles is 1. The molecule has 9 nitrogen and oxygen atoms in total. The molecule has 0 saturated heterocycles. The first-order chi connectivity index (χ1) is 18.4. The highest BCUT2D eigenvalue weighted by atomic mass is 16.5. The van der Waals surface area contributed by atoms with Crippen molar-refractivity contribution in [1.82, 2.24) is 0 Å². The summed E-state index contributed by atoms with van der Waals surface area (Å²) in [4.78, 5) is 0. The van der Waals surface area contributed by atoms with E-state index in [4.69, 9.17) is 38.6 Å². The van der Waals surface area contributed by atoms with Gasteiger partial charge in [0.2, 0.25) is 17.4 Å². The molecular weight excluding hydrogens is 488 g/mol. The number of rotatable bonds is 8. The second kappa shape index (κ2) is 11.4. The second-order valence-corrected chi connectivity index (χ2v) is 8.85. The van der Waals surface area contributed by atoms with Crippen LogP contribution in [0, 0.1) is 22.7 Å². The van der Waals surface area contributed by atoms with E-state index >= 15 is 0 Å². The Balaban J connectivity index is 1.88. The molecule has 0 amide bonds. The van der Waals surface area contributed by atoms with Crippen molar-refractivity contribution >= 4 is 12.0 Å². The Morgan fingerprint density at radius 2 is 1.34 bits per heavy atom. The largest absolute Gasteiger partial charge is 0.493 e. The van der Waals surface area contributed by atoms with Crippen LogP contribution in [0.25, 0.3) is 6.08 Å². The number of allylic oxidation sites excluding steroid dienone is 2. The summed E-state index contributed by atoms with van der Waals surface area (Å²) in [6.07, 6.45) is 4.35. The summed E-state index contributed by atoms with van der Waals surface area (Å²) in [5.74, 6) is 2.37. The summed E-state index contributed by atoms with van der Waals surface area (Å²) >= 11 is 0. The van der Waals surface area contributed by atoms with Gasteiger partial charge in [0.25, 0.3) is 0 Å². The highest BCUT2D eigenvalue weighted by molar-refractivity contribution is 5.84. The Morgan fingerprint density at radius 1 is 0.816 bits per heavy atom. The molecule has 1 N–H and O–H groups in total. The van der Waals surface area contributed by atoms with Crippen molar-refractivity contribution in [2.24, 2.45) is 5.92 Å². The van der Waals surface area contributed by atoms with Gasteiger partial charge in [-0.05, 0) is 71.9 Å². The van der Waals surface area contributed by atoms with Crippen LogP contribution in [-0.2, 0) is 4.74 Å². The van der Waals surface area contributed by atoms with Gasteiger partial charge in [-0.25, -0.2) is 0 Å². The molecule has 0 bridgehead atoms. The monoisotopic (exact) mass is 520 g/mol. The lowest BCUT2D eigenvalue weighted by Crippen LogP contribution is -2.32. The maximum absolute atomic E-state index is 10.1. The molecule has 1 aliphatic heterocycles. The number of methoxy groups -OCH3 is 6. The molecule has 200 valence electrons. The van der Waals surface area contributed by atoms with Crippen molar-refractivity contribution in [1.29, 1.82) is 10.7 Å². The first kappa shape index (κ1) is 26.7. The van der Waals surface area contributed by atoms with Crippen molar-refractivity contribution in [2.75, 3.05) is 42.7 Å². The fourth-order valence-electron chi connectivity index (χ4n) is 5.19. The van der Waals surface area contributed by atoms with E-state index in [2.05, 4.69) is 6.07 Å². The smallest absolute Gasteiger partial charge is 0.205 e. The molecule has 4 rings (SSSR count). The number of benzene rings is 2. The van der Waals surface area contributed by atoms with Gasteiger partial charge in [0, 0.05) is 5.92 Å². The van der Waals surface area contributed by atoms with Crippen molar-refractivity contribution < 1.29 is 33.2 Å². The highest BCUT2D eigenvalue weighted by Gasteiger charge is 2.41. The third-order valence-electron chi connectivity index (χ3n) is 6.89. The molecule has 2 aliphatic rings. The maximum atomic E-state index is 10.1. The Hall–Kier alpha value is -4.32. The zero-order valence-electron chi connectivity index (χ0n) is 22.5. The molecule has 0 fully saturated rings. The van der Waals surface area contributed by atoms with E-state index in [9.17, 15) is 5.26 Å². The molecule has 0 saturated carbocycles. The number of ether oxygens (including phenoxy) is 7. The van der Waals surface area contributed by atoms with Gasteiger partial charge < -0.3 is 33.2 Å². The normalized spacial score (nSPS) is 19.7. The average Bonchev–Trinajstić information content (AvgIpc) is 2.95. The minimum atomic E-state index is -0.794. The van der Waals surface area contributed by atoms with Gasteiger partial charge in [0.15, 0.2) is 23.0 Å². The second-order valence-electron chi connectivity index (χ2n) is 8.85. The lowest BCUT2D eigenvalue weighted by Gasteiger charge is -2.36. The number of hydrogen-bond acceptors (Lipinski definition) is 9. The topological polar surface area (TPSA) is 112 Å². The van der Waals surface area contributed by atoms with Gasteiger partial charge in [-0.3, -0.25) is 5.41 Å². The van der Waals surface area contributed by atoms with Crippen LogP contribution >= 0.6 is 0 Å². The van der Waals surface area contributed by atoms with Crippen LogP contribution in [0.1, 0.15) is 36.3 Å². The minimum absolute atomic E-state index is 0.0947. The van der Waals surface area contributed by atoms with E-state index in [0.717, 1.165) is 41.5 Å². The van der Waals surface area contributed by atoms with E-state index in [1.165, 1.54) is 0 Å². The first-order valence-electron chi connectivity index (χ1n) is 12.1. The van der Waals surface area contributed by atoms with Crippen LogP contribution in [0.2, 0.25) is 0 Å².